The van der Waals surface area contributed by atoms with Crippen molar-refractivity contribution in [2.75, 3.05) is 6.67 Å². The average Bonchev–Trinajstić information content (AvgIpc) is 1.80. The fourth-order valence-electron chi connectivity index (χ4n) is 0.380. The van der Waals surface area contributed by atoms with Crippen LogP contribution in [-0.2, 0) is 0 Å². The molecule has 0 aliphatic carbocycles. The molecule has 10 heavy (non-hydrogen) atoms. The van der Waals surface area contributed by atoms with E-state index < -0.39 is 6.03 Å². The SMILES string of the molecule is O=C1N=C(Cl)N(Cl)CN1.[H-].[Na+]. The Balaban J connectivity index is 0. The summed E-state index contributed by atoms with van der Waals surface area (Å²) in [4.78, 5) is 13.6. The maximum Gasteiger partial charge on any atom is 1.00 e. The summed E-state index contributed by atoms with van der Waals surface area (Å²) in [5.74, 6) is 0. The van der Waals surface area contributed by atoms with E-state index in [9.17, 15) is 4.79 Å². The average molecular weight is 192 g/mol. The number of hydrogen-bond acceptors (Lipinski definition) is 2. The van der Waals surface area contributed by atoms with E-state index in [0.29, 0.717) is 0 Å². The Bertz CT molecular complexity index is 178. The van der Waals surface area contributed by atoms with E-state index in [4.69, 9.17) is 23.4 Å². The molecule has 0 aromatic carbocycles. The molecule has 0 aromatic rings. The smallest absolute Gasteiger partial charge is 1.00 e. The maximum atomic E-state index is 10.4. The summed E-state index contributed by atoms with van der Waals surface area (Å²) >= 11 is 10.7. The number of amidine groups is 1. The fraction of sp³-hybridized carbons (Fsp3) is 0.333. The summed E-state index contributed by atoms with van der Waals surface area (Å²) in [6.45, 7) is 0.197. The summed E-state index contributed by atoms with van der Waals surface area (Å²) in [6, 6.07) is -0.461. The van der Waals surface area contributed by atoms with Gasteiger partial charge in [-0.15, -0.1) is 0 Å². The molecule has 0 aromatic heterocycles. The number of nitrogens with one attached hydrogen (secondary N) is 1. The Morgan fingerprint density at radius 3 is 2.80 bits per heavy atom. The first-order valence-corrected chi connectivity index (χ1v) is 2.87. The number of hydrogen-bond donors (Lipinski definition) is 1. The van der Waals surface area contributed by atoms with E-state index in [2.05, 4.69) is 10.3 Å². The second kappa shape index (κ2) is 4.41. The molecule has 0 atom stereocenters. The van der Waals surface area contributed by atoms with Gasteiger partial charge in [0, 0.05) is 11.8 Å². The first kappa shape index (κ1) is 10.5. The summed E-state index contributed by atoms with van der Waals surface area (Å²) in [5, 5.41) is 2.35. The molecule has 0 saturated carbocycles. The van der Waals surface area contributed by atoms with E-state index in [1.165, 1.54) is 0 Å². The van der Waals surface area contributed by atoms with Gasteiger partial charge >= 0.3 is 35.6 Å². The van der Waals surface area contributed by atoms with Crippen molar-refractivity contribution in [2.24, 2.45) is 4.99 Å². The summed E-state index contributed by atoms with van der Waals surface area (Å²) < 4.78 is 1.10. The predicted molar refractivity (Wildman–Crippen MR) is 35.5 cm³/mol. The molecule has 1 aliphatic rings. The summed E-state index contributed by atoms with van der Waals surface area (Å²) in [6.07, 6.45) is 0. The molecule has 0 fully saturated rings. The largest absolute Gasteiger partial charge is 1.00 e. The molecule has 7 heteroatoms. The van der Waals surface area contributed by atoms with Crippen molar-refractivity contribution in [3.05, 3.63) is 0 Å². The van der Waals surface area contributed by atoms with Crippen LogP contribution in [0.1, 0.15) is 1.43 Å². The number of aliphatic imine (C=N–C) groups is 1. The Labute approximate surface area is 91.4 Å². The standard InChI is InChI=1S/C3H3Cl2N3O.Na.H/c4-2-7-3(9)6-1-8(2)5;;/h1H2,(H,6,9);;/q;+1;-1. The molecule has 0 saturated heterocycles. The minimum Gasteiger partial charge on any atom is -1.00 e. The Kier molecular flexibility index (Phi) is 4.64. The molecule has 0 radical (unpaired) electrons. The van der Waals surface area contributed by atoms with Crippen LogP contribution in [0.4, 0.5) is 4.79 Å². The van der Waals surface area contributed by atoms with Crippen molar-refractivity contribution in [3.63, 3.8) is 0 Å². The van der Waals surface area contributed by atoms with Crippen molar-refractivity contribution in [1.29, 1.82) is 0 Å². The van der Waals surface area contributed by atoms with Crippen molar-refractivity contribution in [1.82, 2.24) is 9.74 Å². The topological polar surface area (TPSA) is 44.7 Å². The molecule has 1 N–H and O–H groups in total. The summed E-state index contributed by atoms with van der Waals surface area (Å²) in [7, 11) is 0. The third kappa shape index (κ3) is 2.64. The maximum absolute atomic E-state index is 10.4. The quantitative estimate of drug-likeness (QED) is 0.270. The van der Waals surface area contributed by atoms with Crippen LogP contribution in [0.5, 0.6) is 0 Å². The number of carbonyl (C=O) groups is 1. The fourth-order valence-corrected chi connectivity index (χ4v) is 0.614. The van der Waals surface area contributed by atoms with E-state index in [-0.39, 0.29) is 42.9 Å². The zero-order valence-corrected chi connectivity index (χ0v) is 8.78. The zero-order valence-electron chi connectivity index (χ0n) is 6.27. The minimum absolute atomic E-state index is 0. The van der Waals surface area contributed by atoms with Crippen LogP contribution in [0.3, 0.4) is 0 Å². The number of rotatable bonds is 0. The van der Waals surface area contributed by atoms with Crippen molar-refractivity contribution in [3.8, 4) is 0 Å². The van der Waals surface area contributed by atoms with E-state index >= 15 is 0 Å². The Morgan fingerprint density at radius 2 is 2.40 bits per heavy atom. The molecule has 0 bridgehead atoms. The molecule has 0 spiro atoms. The first-order chi connectivity index (χ1) is 4.20. The van der Waals surface area contributed by atoms with Gasteiger partial charge in [-0.2, -0.15) is 4.99 Å². The van der Waals surface area contributed by atoms with Crippen LogP contribution in [0.2, 0.25) is 0 Å². The second-order valence-electron chi connectivity index (χ2n) is 1.38. The molecule has 2 amide bonds. The zero-order chi connectivity index (χ0) is 6.85. The van der Waals surface area contributed by atoms with Gasteiger partial charge in [0.05, 0.1) is 0 Å². The van der Waals surface area contributed by atoms with Gasteiger partial charge < -0.3 is 6.74 Å². The first-order valence-electron chi connectivity index (χ1n) is 2.15. The molecular weight excluding hydrogens is 188 g/mol. The Hall–Kier alpha value is 0.520. The minimum atomic E-state index is -0.461. The van der Waals surface area contributed by atoms with E-state index in [1.54, 1.807) is 0 Å². The van der Waals surface area contributed by atoms with E-state index in [0.717, 1.165) is 4.42 Å². The van der Waals surface area contributed by atoms with Gasteiger partial charge in [0.15, 0.2) is 0 Å². The van der Waals surface area contributed by atoms with Gasteiger partial charge in [-0.1, -0.05) is 0 Å². The molecule has 52 valence electrons. The van der Waals surface area contributed by atoms with Crippen LogP contribution < -0.4 is 34.9 Å². The van der Waals surface area contributed by atoms with Crippen LogP contribution in [-0.4, -0.2) is 22.4 Å². The third-order valence-corrected chi connectivity index (χ3v) is 1.42. The number of carbonyl (C=O) groups excluding carboxylic acids is 1. The van der Waals surface area contributed by atoms with Gasteiger partial charge in [0.25, 0.3) is 0 Å². The molecule has 0 unspecified atom stereocenters. The van der Waals surface area contributed by atoms with Gasteiger partial charge in [0.2, 0.25) is 5.29 Å². The van der Waals surface area contributed by atoms with Crippen molar-refractivity contribution in [2.45, 2.75) is 0 Å². The van der Waals surface area contributed by atoms with E-state index in [1.807, 2.05) is 0 Å². The molecule has 4 nitrogen and oxygen atoms in total. The van der Waals surface area contributed by atoms with Crippen molar-refractivity contribution >= 4 is 34.7 Å². The molecule has 1 rings (SSSR count). The van der Waals surface area contributed by atoms with Gasteiger partial charge in [-0.25, -0.2) is 9.21 Å². The van der Waals surface area contributed by atoms with Crippen LogP contribution in [0.25, 0.3) is 0 Å². The predicted octanol–water partition coefficient (Wildman–Crippen LogP) is -2.17. The third-order valence-electron chi connectivity index (χ3n) is 0.763. The van der Waals surface area contributed by atoms with Gasteiger partial charge in [-0.05, 0) is 11.6 Å². The van der Waals surface area contributed by atoms with Crippen molar-refractivity contribution < 1.29 is 35.8 Å². The number of halogens is 2. The molecule has 1 aliphatic heterocycles. The molecule has 1 heterocycles. The van der Waals surface area contributed by atoms with Gasteiger partial charge in [0.1, 0.15) is 6.67 Å². The van der Waals surface area contributed by atoms with Gasteiger partial charge in [-0.3, -0.25) is 0 Å². The number of urea groups is 1. The second-order valence-corrected chi connectivity index (χ2v) is 2.13. The number of amides is 2. The normalized spacial score (nSPS) is 17.2. The van der Waals surface area contributed by atoms with Crippen LogP contribution in [0.15, 0.2) is 4.99 Å². The van der Waals surface area contributed by atoms with Crippen LogP contribution in [0, 0.1) is 0 Å². The molecular formula is C3H4Cl2N3NaO. The van der Waals surface area contributed by atoms with Crippen LogP contribution >= 0.6 is 23.4 Å². The Morgan fingerprint density at radius 1 is 1.80 bits per heavy atom. The monoisotopic (exact) mass is 191 g/mol. The summed E-state index contributed by atoms with van der Waals surface area (Å²) in [5.41, 5.74) is 0. The number of nitrogens with zero attached hydrogens (tertiary/aromatic N) is 2.